The Morgan fingerprint density at radius 2 is 1.95 bits per heavy atom. The summed E-state index contributed by atoms with van der Waals surface area (Å²) in [5.41, 5.74) is 5.06. The minimum absolute atomic E-state index is 0.0405. The van der Waals surface area contributed by atoms with Crippen molar-refractivity contribution in [3.8, 4) is 0 Å². The third-order valence-corrected chi connectivity index (χ3v) is 5.47. The van der Waals surface area contributed by atoms with Gasteiger partial charge in [0.1, 0.15) is 5.69 Å². The van der Waals surface area contributed by atoms with E-state index in [1.54, 1.807) is 0 Å². The number of benzene rings is 1. The highest BCUT2D eigenvalue weighted by Crippen LogP contribution is 2.28. The molecule has 110 valence electrons. The highest BCUT2D eigenvalue weighted by molar-refractivity contribution is 7.89. The van der Waals surface area contributed by atoms with E-state index >= 15 is 0 Å². The van der Waals surface area contributed by atoms with E-state index < -0.39 is 14.9 Å². The van der Waals surface area contributed by atoms with E-state index in [1.165, 1.54) is 16.4 Å². The Balaban J connectivity index is 2.35. The molecule has 0 bridgehead atoms. The molecule has 0 aromatic heterocycles. The van der Waals surface area contributed by atoms with E-state index in [2.05, 4.69) is 6.92 Å². The number of nitro groups is 1. The van der Waals surface area contributed by atoms with Crippen LogP contribution in [-0.2, 0) is 10.0 Å². The molecule has 7 nitrogen and oxygen atoms in total. The van der Waals surface area contributed by atoms with Crippen LogP contribution in [0.2, 0.25) is 0 Å². The zero-order chi connectivity index (χ0) is 14.9. The van der Waals surface area contributed by atoms with Crippen LogP contribution in [0.5, 0.6) is 0 Å². The van der Waals surface area contributed by atoms with Gasteiger partial charge in [-0.15, -0.1) is 0 Å². The first-order valence-corrected chi connectivity index (χ1v) is 7.80. The molecule has 0 spiro atoms. The maximum absolute atomic E-state index is 12.4. The average molecular weight is 299 g/mol. The smallest absolute Gasteiger partial charge is 0.293 e. The summed E-state index contributed by atoms with van der Waals surface area (Å²) in [6.45, 7) is 2.97. The molecule has 1 aromatic rings. The van der Waals surface area contributed by atoms with Gasteiger partial charge in [0.2, 0.25) is 10.0 Å². The fourth-order valence-corrected chi connectivity index (χ4v) is 3.71. The van der Waals surface area contributed by atoms with Gasteiger partial charge in [-0.05, 0) is 30.9 Å². The van der Waals surface area contributed by atoms with Crippen molar-refractivity contribution >= 4 is 21.4 Å². The third-order valence-electron chi connectivity index (χ3n) is 3.58. The fourth-order valence-electron chi connectivity index (χ4n) is 2.22. The summed E-state index contributed by atoms with van der Waals surface area (Å²) in [6.07, 6.45) is 1.60. The number of hydrogen-bond donors (Lipinski definition) is 1. The number of sulfonamides is 1. The quantitative estimate of drug-likeness (QED) is 0.518. The van der Waals surface area contributed by atoms with Gasteiger partial charge < -0.3 is 5.73 Å². The van der Waals surface area contributed by atoms with Gasteiger partial charge in [-0.25, -0.2) is 8.42 Å². The molecule has 0 unspecified atom stereocenters. The Morgan fingerprint density at radius 3 is 2.50 bits per heavy atom. The first-order chi connectivity index (χ1) is 9.32. The van der Waals surface area contributed by atoms with Gasteiger partial charge in [0, 0.05) is 19.2 Å². The SMILES string of the molecule is CC1CCN(S(=O)(=O)c2ccc(N)c([N+](=O)[O-])c2)CC1. The second kappa shape index (κ2) is 5.37. The standard InChI is InChI=1S/C12H17N3O4S/c1-9-4-6-14(7-5-9)20(18,19)10-2-3-11(13)12(8-10)15(16)17/h2-3,8-9H,4-7,13H2,1H3. The molecule has 1 fully saturated rings. The highest BCUT2D eigenvalue weighted by Gasteiger charge is 2.29. The summed E-state index contributed by atoms with van der Waals surface area (Å²) in [7, 11) is -3.68. The van der Waals surface area contributed by atoms with Crippen LogP contribution in [0.15, 0.2) is 23.1 Å². The van der Waals surface area contributed by atoms with Gasteiger partial charge in [-0.2, -0.15) is 4.31 Å². The lowest BCUT2D eigenvalue weighted by Crippen LogP contribution is -2.37. The number of nitrogen functional groups attached to an aromatic ring is 1. The van der Waals surface area contributed by atoms with Crippen molar-refractivity contribution in [1.29, 1.82) is 0 Å². The third kappa shape index (κ3) is 2.75. The Labute approximate surface area is 117 Å². The molecular formula is C12H17N3O4S. The lowest BCUT2D eigenvalue weighted by Gasteiger charge is -2.29. The van der Waals surface area contributed by atoms with E-state index in [4.69, 9.17) is 5.73 Å². The Kier molecular flexibility index (Phi) is 3.96. The topological polar surface area (TPSA) is 107 Å². The van der Waals surface area contributed by atoms with E-state index in [0.717, 1.165) is 18.9 Å². The van der Waals surface area contributed by atoms with Crippen LogP contribution >= 0.6 is 0 Å². The molecular weight excluding hydrogens is 282 g/mol. The highest BCUT2D eigenvalue weighted by atomic mass is 32.2. The summed E-state index contributed by atoms with van der Waals surface area (Å²) in [5, 5.41) is 10.8. The molecule has 0 amide bonds. The number of nitrogens with zero attached hydrogens (tertiary/aromatic N) is 2. The molecule has 1 saturated heterocycles. The summed E-state index contributed by atoms with van der Waals surface area (Å²) in [6, 6.07) is 3.61. The first-order valence-electron chi connectivity index (χ1n) is 6.36. The number of piperidine rings is 1. The first kappa shape index (κ1) is 14.7. The van der Waals surface area contributed by atoms with Crippen LogP contribution in [0, 0.1) is 16.0 Å². The molecule has 1 aromatic carbocycles. The molecule has 1 aliphatic rings. The largest absolute Gasteiger partial charge is 0.393 e. The number of hydrogen-bond acceptors (Lipinski definition) is 5. The van der Waals surface area contributed by atoms with Crippen molar-refractivity contribution < 1.29 is 13.3 Å². The molecule has 1 aliphatic heterocycles. The Morgan fingerprint density at radius 1 is 1.35 bits per heavy atom. The summed E-state index contributed by atoms with van der Waals surface area (Å²) < 4.78 is 26.3. The van der Waals surface area contributed by atoms with Gasteiger partial charge in [0.05, 0.1) is 9.82 Å². The molecule has 0 saturated carbocycles. The number of nitro benzene ring substituents is 1. The van der Waals surface area contributed by atoms with E-state index in [9.17, 15) is 18.5 Å². The van der Waals surface area contributed by atoms with Crippen LogP contribution in [-0.4, -0.2) is 30.7 Å². The molecule has 0 aliphatic carbocycles. The normalized spacial score (nSPS) is 18.1. The van der Waals surface area contributed by atoms with Crippen molar-refractivity contribution in [2.45, 2.75) is 24.7 Å². The predicted octanol–water partition coefficient (Wildman–Crippen LogP) is 1.60. The maximum atomic E-state index is 12.4. The molecule has 2 rings (SSSR count). The van der Waals surface area contributed by atoms with Crippen LogP contribution < -0.4 is 5.73 Å². The summed E-state index contributed by atoms with van der Waals surface area (Å²) >= 11 is 0. The van der Waals surface area contributed by atoms with Gasteiger partial charge in [-0.1, -0.05) is 6.92 Å². The monoisotopic (exact) mass is 299 g/mol. The predicted molar refractivity (Wildman–Crippen MR) is 74.7 cm³/mol. The van der Waals surface area contributed by atoms with Crippen LogP contribution in [0.4, 0.5) is 11.4 Å². The Hall–Kier alpha value is -1.67. The van der Waals surface area contributed by atoms with Crippen molar-refractivity contribution in [3.05, 3.63) is 28.3 Å². The molecule has 0 radical (unpaired) electrons. The number of nitrogens with two attached hydrogens (primary N) is 1. The zero-order valence-electron chi connectivity index (χ0n) is 11.2. The van der Waals surface area contributed by atoms with Crippen LogP contribution in [0.25, 0.3) is 0 Å². The fraction of sp³-hybridized carbons (Fsp3) is 0.500. The number of rotatable bonds is 3. The molecule has 2 N–H and O–H groups in total. The molecule has 1 heterocycles. The van der Waals surface area contributed by atoms with Gasteiger partial charge >= 0.3 is 0 Å². The van der Waals surface area contributed by atoms with Crippen LogP contribution in [0.1, 0.15) is 19.8 Å². The summed E-state index contributed by atoms with van der Waals surface area (Å²) in [4.78, 5) is 10.1. The summed E-state index contributed by atoms with van der Waals surface area (Å²) in [5.74, 6) is 0.502. The van der Waals surface area contributed by atoms with Crippen LogP contribution in [0.3, 0.4) is 0 Å². The van der Waals surface area contributed by atoms with Gasteiger partial charge in [-0.3, -0.25) is 10.1 Å². The second-order valence-corrected chi connectivity index (χ2v) is 7.00. The minimum atomic E-state index is -3.68. The molecule has 0 atom stereocenters. The van der Waals surface area contributed by atoms with E-state index in [1.807, 2.05) is 0 Å². The maximum Gasteiger partial charge on any atom is 0.293 e. The van der Waals surface area contributed by atoms with Crippen molar-refractivity contribution in [1.82, 2.24) is 4.31 Å². The Bertz CT molecular complexity index is 622. The van der Waals surface area contributed by atoms with Gasteiger partial charge in [0.15, 0.2) is 0 Å². The van der Waals surface area contributed by atoms with E-state index in [0.29, 0.717) is 19.0 Å². The zero-order valence-corrected chi connectivity index (χ0v) is 12.0. The lowest BCUT2D eigenvalue weighted by molar-refractivity contribution is -0.384. The number of anilines is 1. The van der Waals surface area contributed by atoms with Gasteiger partial charge in [0.25, 0.3) is 5.69 Å². The van der Waals surface area contributed by atoms with Crippen molar-refractivity contribution in [2.24, 2.45) is 5.92 Å². The van der Waals surface area contributed by atoms with Crippen molar-refractivity contribution in [3.63, 3.8) is 0 Å². The minimum Gasteiger partial charge on any atom is -0.393 e. The molecule has 20 heavy (non-hydrogen) atoms. The van der Waals surface area contributed by atoms with Crippen molar-refractivity contribution in [2.75, 3.05) is 18.8 Å². The second-order valence-electron chi connectivity index (χ2n) is 5.06. The average Bonchev–Trinajstić information content (AvgIpc) is 2.39. The molecule has 8 heteroatoms. The van der Waals surface area contributed by atoms with E-state index in [-0.39, 0.29) is 16.3 Å². The lowest BCUT2D eigenvalue weighted by atomic mass is 10.0.